The SMILES string of the molecule is CSc1cccc(NC(=O)CSc2ncc3c(n2)-c2cc(Cl)ccc2N(Cc2ccccc2)S3(=O)=O)c1. The predicted molar refractivity (Wildman–Crippen MR) is 150 cm³/mol. The number of rotatable bonds is 7. The smallest absolute Gasteiger partial charge is 0.268 e. The summed E-state index contributed by atoms with van der Waals surface area (Å²) in [5, 5.41) is 3.62. The number of carbonyl (C=O) groups excluding carboxylic acids is 1. The van der Waals surface area contributed by atoms with Gasteiger partial charge in [0.05, 0.1) is 29.9 Å². The molecule has 1 aliphatic rings. The van der Waals surface area contributed by atoms with Crippen LogP contribution in [0.25, 0.3) is 11.3 Å². The molecule has 0 fully saturated rings. The molecular formula is C26H21ClN4O3S3. The van der Waals surface area contributed by atoms with Crippen molar-refractivity contribution in [3.63, 3.8) is 0 Å². The maximum atomic E-state index is 13.6. The highest BCUT2D eigenvalue weighted by atomic mass is 35.5. The fourth-order valence-electron chi connectivity index (χ4n) is 3.92. The van der Waals surface area contributed by atoms with Gasteiger partial charge in [0, 0.05) is 21.2 Å². The van der Waals surface area contributed by atoms with E-state index >= 15 is 0 Å². The van der Waals surface area contributed by atoms with Crippen molar-refractivity contribution in [1.29, 1.82) is 0 Å². The van der Waals surface area contributed by atoms with Crippen LogP contribution < -0.4 is 9.62 Å². The topological polar surface area (TPSA) is 92.3 Å². The van der Waals surface area contributed by atoms with Crippen LogP contribution in [0.3, 0.4) is 0 Å². The summed E-state index contributed by atoms with van der Waals surface area (Å²) in [4.78, 5) is 22.4. The van der Waals surface area contributed by atoms with Crippen LogP contribution in [0.2, 0.25) is 5.02 Å². The summed E-state index contributed by atoms with van der Waals surface area (Å²) >= 11 is 9.01. The minimum absolute atomic E-state index is 0.000815. The van der Waals surface area contributed by atoms with Gasteiger partial charge in [0.1, 0.15) is 4.90 Å². The minimum atomic E-state index is -3.93. The first kappa shape index (κ1) is 25.6. The molecule has 1 amide bonds. The van der Waals surface area contributed by atoms with E-state index in [4.69, 9.17) is 11.6 Å². The second-order valence-electron chi connectivity index (χ2n) is 8.09. The van der Waals surface area contributed by atoms with E-state index in [-0.39, 0.29) is 28.8 Å². The zero-order valence-electron chi connectivity index (χ0n) is 19.6. The summed E-state index contributed by atoms with van der Waals surface area (Å²) in [7, 11) is -3.93. The lowest BCUT2D eigenvalue weighted by atomic mass is 10.1. The minimum Gasteiger partial charge on any atom is -0.325 e. The fourth-order valence-corrected chi connectivity index (χ4v) is 6.72. The fraction of sp³-hybridized carbons (Fsp3) is 0.115. The Kier molecular flexibility index (Phi) is 7.43. The van der Waals surface area contributed by atoms with Crippen molar-refractivity contribution >= 4 is 62.4 Å². The van der Waals surface area contributed by atoms with Crippen molar-refractivity contribution in [2.24, 2.45) is 0 Å². The zero-order valence-corrected chi connectivity index (χ0v) is 22.8. The number of hydrogen-bond donors (Lipinski definition) is 1. The van der Waals surface area contributed by atoms with Gasteiger partial charge < -0.3 is 5.32 Å². The van der Waals surface area contributed by atoms with Gasteiger partial charge in [-0.25, -0.2) is 18.4 Å². The van der Waals surface area contributed by atoms with E-state index < -0.39 is 10.0 Å². The summed E-state index contributed by atoms with van der Waals surface area (Å²) in [6.45, 7) is 0.158. The quantitative estimate of drug-likeness (QED) is 0.217. The van der Waals surface area contributed by atoms with E-state index in [9.17, 15) is 13.2 Å². The van der Waals surface area contributed by atoms with Crippen molar-refractivity contribution in [2.45, 2.75) is 21.5 Å². The largest absolute Gasteiger partial charge is 0.325 e. The zero-order chi connectivity index (χ0) is 26.0. The molecule has 0 radical (unpaired) electrons. The van der Waals surface area contributed by atoms with Gasteiger partial charge in [-0.2, -0.15) is 0 Å². The Morgan fingerprint density at radius 3 is 2.65 bits per heavy atom. The summed E-state index contributed by atoms with van der Waals surface area (Å²) in [5.41, 5.74) is 2.90. The van der Waals surface area contributed by atoms with Crippen molar-refractivity contribution in [1.82, 2.24) is 9.97 Å². The van der Waals surface area contributed by atoms with E-state index in [1.54, 1.807) is 30.0 Å². The molecule has 3 aromatic carbocycles. The number of thioether (sulfide) groups is 2. The van der Waals surface area contributed by atoms with Crippen LogP contribution in [0.4, 0.5) is 11.4 Å². The molecule has 7 nitrogen and oxygen atoms in total. The lowest BCUT2D eigenvalue weighted by Gasteiger charge is -2.31. The first-order valence-electron chi connectivity index (χ1n) is 11.2. The van der Waals surface area contributed by atoms with Crippen LogP contribution in [0.5, 0.6) is 0 Å². The average Bonchev–Trinajstić information content (AvgIpc) is 2.90. The summed E-state index contributed by atoms with van der Waals surface area (Å²) in [6, 6.07) is 22.0. The highest BCUT2D eigenvalue weighted by Gasteiger charge is 2.37. The first-order valence-corrected chi connectivity index (χ1v) is 15.2. The molecule has 0 spiro atoms. The van der Waals surface area contributed by atoms with Crippen molar-refractivity contribution in [3.05, 3.63) is 89.6 Å². The predicted octanol–water partition coefficient (Wildman–Crippen LogP) is 5.96. The Bertz CT molecular complexity index is 1580. The Morgan fingerprint density at radius 2 is 1.86 bits per heavy atom. The molecule has 0 saturated heterocycles. The van der Waals surface area contributed by atoms with Gasteiger partial charge in [0.15, 0.2) is 5.16 Å². The van der Waals surface area contributed by atoms with Crippen LogP contribution in [0.1, 0.15) is 5.56 Å². The van der Waals surface area contributed by atoms with Crippen LogP contribution in [0.15, 0.2) is 93.9 Å². The summed E-state index contributed by atoms with van der Waals surface area (Å²) < 4.78 is 28.6. The molecule has 11 heteroatoms. The number of carbonyl (C=O) groups is 1. The normalized spacial score (nSPS) is 13.5. The standard InChI is InChI=1S/C26H21ClN4O3S3/c1-35-20-9-5-8-19(13-20)29-24(32)16-36-26-28-14-23-25(30-26)21-12-18(27)10-11-22(21)31(37(23,33)34)15-17-6-3-2-4-7-17/h2-14H,15-16H2,1H3,(H,29,32). The summed E-state index contributed by atoms with van der Waals surface area (Å²) in [6.07, 6.45) is 3.28. The first-order chi connectivity index (χ1) is 17.8. The number of nitrogens with zero attached hydrogens (tertiary/aromatic N) is 3. The molecule has 0 unspecified atom stereocenters. The molecule has 1 aliphatic heterocycles. The van der Waals surface area contributed by atoms with E-state index in [1.807, 2.05) is 60.9 Å². The number of fused-ring (bicyclic) bond motifs is 3. The Balaban J connectivity index is 1.42. The molecule has 0 aliphatic carbocycles. The number of amides is 1. The second-order valence-corrected chi connectivity index (χ2v) is 12.2. The molecule has 1 N–H and O–H groups in total. The van der Waals surface area contributed by atoms with Crippen LogP contribution >= 0.6 is 35.1 Å². The van der Waals surface area contributed by atoms with Crippen LogP contribution in [-0.4, -0.2) is 36.3 Å². The third-order valence-corrected chi connectivity index (χ3v) is 9.22. The number of hydrogen-bond acceptors (Lipinski definition) is 7. The molecule has 0 atom stereocenters. The second kappa shape index (κ2) is 10.7. The van der Waals surface area contributed by atoms with Crippen molar-refractivity contribution in [2.75, 3.05) is 21.6 Å². The van der Waals surface area contributed by atoms with E-state index in [0.29, 0.717) is 27.1 Å². The lowest BCUT2D eigenvalue weighted by molar-refractivity contribution is -0.113. The number of halogens is 1. The molecule has 0 bridgehead atoms. The van der Waals surface area contributed by atoms with E-state index in [1.165, 1.54) is 10.5 Å². The number of nitrogens with one attached hydrogen (secondary N) is 1. The molecule has 37 heavy (non-hydrogen) atoms. The number of benzene rings is 3. The number of aromatic nitrogens is 2. The Hall–Kier alpha value is -3.05. The van der Waals surface area contributed by atoms with Gasteiger partial charge >= 0.3 is 0 Å². The van der Waals surface area contributed by atoms with Gasteiger partial charge in [0.2, 0.25) is 5.91 Å². The molecule has 1 aromatic heterocycles. The molecule has 2 heterocycles. The van der Waals surface area contributed by atoms with Gasteiger partial charge in [-0.05, 0) is 48.2 Å². The summed E-state index contributed by atoms with van der Waals surface area (Å²) in [5.74, 6) is -0.146. The maximum absolute atomic E-state index is 13.6. The van der Waals surface area contributed by atoms with E-state index in [2.05, 4.69) is 15.3 Å². The highest BCUT2D eigenvalue weighted by molar-refractivity contribution is 7.99. The molecule has 188 valence electrons. The molecule has 4 aromatic rings. The van der Waals surface area contributed by atoms with Gasteiger partial charge in [0.25, 0.3) is 10.0 Å². The van der Waals surface area contributed by atoms with Gasteiger partial charge in [-0.15, -0.1) is 11.8 Å². The lowest BCUT2D eigenvalue weighted by Crippen LogP contribution is -2.34. The van der Waals surface area contributed by atoms with Crippen molar-refractivity contribution < 1.29 is 13.2 Å². The Labute approximate surface area is 228 Å². The number of sulfonamides is 1. The monoisotopic (exact) mass is 568 g/mol. The van der Waals surface area contributed by atoms with Crippen LogP contribution in [-0.2, 0) is 21.4 Å². The van der Waals surface area contributed by atoms with Gasteiger partial charge in [-0.3, -0.25) is 9.10 Å². The van der Waals surface area contributed by atoms with Crippen LogP contribution in [0, 0.1) is 0 Å². The van der Waals surface area contributed by atoms with Crippen molar-refractivity contribution in [3.8, 4) is 11.3 Å². The van der Waals surface area contributed by atoms with Gasteiger partial charge in [-0.1, -0.05) is 59.8 Å². The third-order valence-electron chi connectivity index (χ3n) is 5.64. The third kappa shape index (κ3) is 5.47. The molecule has 0 saturated carbocycles. The molecule has 5 rings (SSSR count). The average molecular weight is 569 g/mol. The molecular weight excluding hydrogens is 548 g/mol. The van der Waals surface area contributed by atoms with E-state index in [0.717, 1.165) is 22.2 Å². The maximum Gasteiger partial charge on any atom is 0.268 e. The highest BCUT2D eigenvalue weighted by Crippen LogP contribution is 2.44. The number of anilines is 2. The Morgan fingerprint density at radius 1 is 1.05 bits per heavy atom.